The summed E-state index contributed by atoms with van der Waals surface area (Å²) in [5.74, 6) is -1.08. The van der Waals surface area contributed by atoms with Gasteiger partial charge in [0.1, 0.15) is 12.0 Å². The van der Waals surface area contributed by atoms with Gasteiger partial charge in [-0.05, 0) is 31.2 Å². The number of aromatic nitrogens is 1. The van der Waals surface area contributed by atoms with Crippen molar-refractivity contribution in [1.29, 1.82) is 5.26 Å². The van der Waals surface area contributed by atoms with Gasteiger partial charge in [-0.3, -0.25) is 0 Å². The van der Waals surface area contributed by atoms with Gasteiger partial charge in [0.05, 0.1) is 17.3 Å². The van der Waals surface area contributed by atoms with Crippen LogP contribution in [0.15, 0.2) is 47.1 Å². The van der Waals surface area contributed by atoms with Crippen molar-refractivity contribution in [3.63, 3.8) is 0 Å². The number of benzene rings is 2. The van der Waals surface area contributed by atoms with Crippen molar-refractivity contribution in [2.75, 3.05) is 11.9 Å². The molecule has 0 aliphatic carbocycles. The van der Waals surface area contributed by atoms with Crippen molar-refractivity contribution in [3.8, 4) is 17.5 Å². The summed E-state index contributed by atoms with van der Waals surface area (Å²) in [4.78, 5) is 4.38. The maximum Gasteiger partial charge on any atom is 0.226 e. The largest absolute Gasteiger partial charge is 0.444 e. The monoisotopic (exact) mass is 339 g/mol. The lowest BCUT2D eigenvalue weighted by molar-refractivity contribution is 0.572. The molecule has 3 aromatic rings. The van der Waals surface area contributed by atoms with Crippen LogP contribution in [0.5, 0.6) is 0 Å². The third-order valence-electron chi connectivity index (χ3n) is 3.70. The minimum absolute atomic E-state index is 0.0557. The summed E-state index contributed by atoms with van der Waals surface area (Å²) in [6.45, 7) is 2.28. The molecule has 2 aromatic carbocycles. The van der Waals surface area contributed by atoms with E-state index in [0.717, 1.165) is 23.3 Å². The summed E-state index contributed by atoms with van der Waals surface area (Å²) >= 11 is 0. The SMILES string of the molecule is Cc1ccc(-c2nc(CCNc3c(F)cc(C#N)cc3F)co2)cc1. The molecule has 0 unspecified atom stereocenters. The van der Waals surface area contributed by atoms with Crippen LogP contribution >= 0.6 is 0 Å². The fraction of sp³-hybridized carbons (Fsp3) is 0.158. The highest BCUT2D eigenvalue weighted by Gasteiger charge is 2.12. The number of nitrogens with one attached hydrogen (secondary N) is 1. The van der Waals surface area contributed by atoms with E-state index in [9.17, 15) is 8.78 Å². The molecule has 4 nitrogen and oxygen atoms in total. The fourth-order valence-electron chi connectivity index (χ4n) is 2.37. The van der Waals surface area contributed by atoms with Crippen molar-refractivity contribution in [3.05, 3.63) is 71.1 Å². The van der Waals surface area contributed by atoms with Crippen LogP contribution in [0.4, 0.5) is 14.5 Å². The first-order valence-corrected chi connectivity index (χ1v) is 7.71. The van der Waals surface area contributed by atoms with Crippen LogP contribution < -0.4 is 5.32 Å². The van der Waals surface area contributed by atoms with Crippen LogP contribution in [0.1, 0.15) is 16.8 Å². The van der Waals surface area contributed by atoms with E-state index < -0.39 is 11.6 Å². The number of nitriles is 1. The summed E-state index contributed by atoms with van der Waals surface area (Å²) in [7, 11) is 0. The number of anilines is 1. The number of oxazole rings is 1. The first-order chi connectivity index (χ1) is 12.1. The second kappa shape index (κ2) is 7.14. The highest BCUT2D eigenvalue weighted by atomic mass is 19.1. The van der Waals surface area contributed by atoms with Gasteiger partial charge in [0, 0.05) is 18.5 Å². The number of halogens is 2. The van der Waals surface area contributed by atoms with Crippen LogP contribution in [-0.4, -0.2) is 11.5 Å². The van der Waals surface area contributed by atoms with Crippen LogP contribution in [0.2, 0.25) is 0 Å². The normalized spacial score (nSPS) is 10.5. The molecule has 1 N–H and O–H groups in total. The number of hydrogen-bond acceptors (Lipinski definition) is 4. The molecule has 126 valence electrons. The van der Waals surface area contributed by atoms with Gasteiger partial charge in [0.15, 0.2) is 11.6 Å². The number of rotatable bonds is 5. The molecule has 25 heavy (non-hydrogen) atoms. The molecule has 0 radical (unpaired) electrons. The molecule has 0 fully saturated rings. The molecule has 0 aliphatic heterocycles. The molecule has 1 aromatic heterocycles. The van der Waals surface area contributed by atoms with Gasteiger partial charge in [-0.25, -0.2) is 13.8 Å². The van der Waals surface area contributed by atoms with E-state index in [-0.39, 0.29) is 17.8 Å². The molecule has 6 heteroatoms. The Morgan fingerprint density at radius 2 is 1.84 bits per heavy atom. The summed E-state index contributed by atoms with van der Waals surface area (Å²) < 4.78 is 33.0. The van der Waals surface area contributed by atoms with Crippen molar-refractivity contribution < 1.29 is 13.2 Å². The lowest BCUT2D eigenvalue weighted by atomic mass is 10.1. The molecule has 0 aliphatic rings. The van der Waals surface area contributed by atoms with Crippen LogP contribution in [0.3, 0.4) is 0 Å². The van der Waals surface area contributed by atoms with E-state index in [2.05, 4.69) is 10.3 Å². The standard InChI is InChI=1S/C19H15F2N3O/c1-12-2-4-14(5-3-12)19-24-15(11-25-19)6-7-23-18-16(20)8-13(10-22)9-17(18)21/h2-5,8-9,11,23H,6-7H2,1H3. The Balaban J connectivity index is 1.64. The number of hydrogen-bond donors (Lipinski definition) is 1. The van der Waals surface area contributed by atoms with E-state index in [1.165, 1.54) is 6.26 Å². The van der Waals surface area contributed by atoms with Gasteiger partial charge in [-0.1, -0.05) is 17.7 Å². The second-order valence-corrected chi connectivity index (χ2v) is 5.61. The maximum atomic E-state index is 13.8. The Morgan fingerprint density at radius 3 is 2.48 bits per heavy atom. The Kier molecular flexibility index (Phi) is 4.75. The summed E-state index contributed by atoms with van der Waals surface area (Å²) in [6.07, 6.45) is 1.97. The lowest BCUT2D eigenvalue weighted by Gasteiger charge is -2.08. The van der Waals surface area contributed by atoms with Crippen molar-refractivity contribution in [2.45, 2.75) is 13.3 Å². The Bertz CT molecular complexity index is 904. The fourth-order valence-corrected chi connectivity index (χ4v) is 2.37. The average Bonchev–Trinajstić information content (AvgIpc) is 3.06. The van der Waals surface area contributed by atoms with E-state index in [4.69, 9.17) is 9.68 Å². The zero-order valence-corrected chi connectivity index (χ0v) is 13.5. The van der Waals surface area contributed by atoms with Gasteiger partial charge in [0.25, 0.3) is 0 Å². The highest BCUT2D eigenvalue weighted by Crippen LogP contribution is 2.21. The minimum atomic E-state index is -0.794. The Hall–Kier alpha value is -3.20. The van der Waals surface area contributed by atoms with Crippen LogP contribution in [-0.2, 0) is 6.42 Å². The van der Waals surface area contributed by atoms with E-state index in [1.54, 1.807) is 6.07 Å². The van der Waals surface area contributed by atoms with E-state index in [1.807, 2.05) is 31.2 Å². The Morgan fingerprint density at radius 1 is 1.16 bits per heavy atom. The summed E-state index contributed by atoms with van der Waals surface area (Å²) in [5.41, 5.74) is 2.39. The molecule has 3 rings (SSSR count). The van der Waals surface area contributed by atoms with E-state index >= 15 is 0 Å². The second-order valence-electron chi connectivity index (χ2n) is 5.61. The highest BCUT2D eigenvalue weighted by molar-refractivity contribution is 5.54. The van der Waals surface area contributed by atoms with Crippen molar-refractivity contribution in [2.24, 2.45) is 0 Å². The molecular weight excluding hydrogens is 324 g/mol. The molecule has 0 amide bonds. The van der Waals surface area contributed by atoms with Crippen molar-refractivity contribution >= 4 is 5.69 Å². The predicted octanol–water partition coefficient (Wildman–Crippen LogP) is 4.45. The van der Waals surface area contributed by atoms with Gasteiger partial charge in [-0.2, -0.15) is 5.26 Å². The number of nitrogens with zero attached hydrogens (tertiary/aromatic N) is 2. The molecule has 0 saturated heterocycles. The van der Waals surface area contributed by atoms with Crippen LogP contribution in [0.25, 0.3) is 11.5 Å². The molecule has 1 heterocycles. The molecule has 0 spiro atoms. The van der Waals surface area contributed by atoms with Gasteiger partial charge in [-0.15, -0.1) is 0 Å². The summed E-state index contributed by atoms with van der Waals surface area (Å²) in [6, 6.07) is 11.5. The molecule has 0 saturated carbocycles. The third kappa shape index (κ3) is 3.83. The topological polar surface area (TPSA) is 61.9 Å². The lowest BCUT2D eigenvalue weighted by Crippen LogP contribution is -2.08. The predicted molar refractivity (Wildman–Crippen MR) is 89.9 cm³/mol. The molecule has 0 bridgehead atoms. The third-order valence-corrected chi connectivity index (χ3v) is 3.70. The summed E-state index contributed by atoms with van der Waals surface area (Å²) in [5, 5.41) is 11.4. The first kappa shape index (κ1) is 16.7. The number of aryl methyl sites for hydroxylation is 1. The molecule has 0 atom stereocenters. The average molecular weight is 339 g/mol. The minimum Gasteiger partial charge on any atom is -0.444 e. The zero-order valence-electron chi connectivity index (χ0n) is 13.5. The van der Waals surface area contributed by atoms with Gasteiger partial charge < -0.3 is 9.73 Å². The Labute approximate surface area is 143 Å². The first-order valence-electron chi connectivity index (χ1n) is 7.71. The van der Waals surface area contributed by atoms with Crippen molar-refractivity contribution in [1.82, 2.24) is 4.98 Å². The van der Waals surface area contributed by atoms with Gasteiger partial charge in [0.2, 0.25) is 5.89 Å². The van der Waals surface area contributed by atoms with Gasteiger partial charge >= 0.3 is 0 Å². The smallest absolute Gasteiger partial charge is 0.226 e. The quantitative estimate of drug-likeness (QED) is 0.746. The maximum absolute atomic E-state index is 13.8. The zero-order chi connectivity index (χ0) is 17.8. The molecular formula is C19H15F2N3O. The van der Waals surface area contributed by atoms with E-state index in [0.29, 0.717) is 18.0 Å². The van der Waals surface area contributed by atoms with Crippen LogP contribution in [0, 0.1) is 29.9 Å².